The van der Waals surface area contributed by atoms with Gasteiger partial charge < -0.3 is 5.32 Å². The minimum Gasteiger partial charge on any atom is -0.348 e. The maximum Gasteiger partial charge on any atom is 0.251 e. The third kappa shape index (κ3) is 3.91. The molecule has 1 atom stereocenters. The Bertz CT molecular complexity index is 349. The lowest BCUT2D eigenvalue weighted by molar-refractivity contribution is 0.0932. The van der Waals surface area contributed by atoms with Gasteiger partial charge in [0.1, 0.15) is 0 Å². The Kier molecular flexibility index (Phi) is 5.49. The lowest BCUT2D eigenvalue weighted by Gasteiger charge is -2.19. The summed E-state index contributed by atoms with van der Waals surface area (Å²) >= 11 is 6.75. The SMILES string of the molecule is CC(C)C(CBr)NC(=O)c1ccc(Br)cc1. The van der Waals surface area contributed by atoms with E-state index in [2.05, 4.69) is 51.0 Å². The number of benzene rings is 1. The van der Waals surface area contributed by atoms with Crippen molar-refractivity contribution in [3.05, 3.63) is 34.3 Å². The molecule has 2 nitrogen and oxygen atoms in total. The minimum absolute atomic E-state index is 0.0225. The quantitative estimate of drug-likeness (QED) is 0.827. The highest BCUT2D eigenvalue weighted by Crippen LogP contribution is 2.11. The Morgan fingerprint density at radius 2 is 1.88 bits per heavy atom. The third-order valence-corrected chi connectivity index (χ3v) is 3.62. The van der Waals surface area contributed by atoms with Gasteiger partial charge in [-0.2, -0.15) is 0 Å². The molecule has 0 aromatic heterocycles. The second-order valence-corrected chi connectivity index (χ2v) is 5.55. The number of alkyl halides is 1. The molecule has 0 bridgehead atoms. The average molecular weight is 349 g/mol. The van der Waals surface area contributed by atoms with Gasteiger partial charge in [-0.3, -0.25) is 4.79 Å². The van der Waals surface area contributed by atoms with E-state index in [1.165, 1.54) is 0 Å². The molecular weight excluding hydrogens is 334 g/mol. The van der Waals surface area contributed by atoms with Crippen LogP contribution in [0.15, 0.2) is 28.7 Å². The maximum atomic E-state index is 11.9. The van der Waals surface area contributed by atoms with Gasteiger partial charge in [0.05, 0.1) is 0 Å². The second kappa shape index (κ2) is 6.40. The summed E-state index contributed by atoms with van der Waals surface area (Å²) in [6.45, 7) is 4.18. The van der Waals surface area contributed by atoms with Gasteiger partial charge in [-0.15, -0.1) is 0 Å². The van der Waals surface area contributed by atoms with Crippen LogP contribution in [0.1, 0.15) is 24.2 Å². The second-order valence-electron chi connectivity index (χ2n) is 3.99. The minimum atomic E-state index is -0.0225. The summed E-state index contributed by atoms with van der Waals surface area (Å²) in [7, 11) is 0. The number of nitrogens with one attached hydrogen (secondary N) is 1. The van der Waals surface area contributed by atoms with Crippen molar-refractivity contribution in [3.63, 3.8) is 0 Å². The van der Waals surface area contributed by atoms with Crippen molar-refractivity contribution in [1.29, 1.82) is 0 Å². The standard InChI is InChI=1S/C12H15Br2NO/c1-8(2)11(7-13)15-12(16)9-3-5-10(14)6-4-9/h3-6,8,11H,7H2,1-2H3,(H,15,16). The highest BCUT2D eigenvalue weighted by atomic mass is 79.9. The van der Waals surface area contributed by atoms with Crippen molar-refractivity contribution in [3.8, 4) is 0 Å². The lowest BCUT2D eigenvalue weighted by atomic mass is 10.1. The summed E-state index contributed by atoms with van der Waals surface area (Å²) in [5, 5.41) is 3.77. The van der Waals surface area contributed by atoms with E-state index < -0.39 is 0 Å². The molecule has 1 aromatic rings. The Hall–Kier alpha value is -0.350. The van der Waals surface area contributed by atoms with Gasteiger partial charge in [-0.05, 0) is 30.2 Å². The van der Waals surface area contributed by atoms with Crippen LogP contribution in [-0.4, -0.2) is 17.3 Å². The number of carbonyl (C=O) groups is 1. The fraction of sp³-hybridized carbons (Fsp3) is 0.417. The molecule has 16 heavy (non-hydrogen) atoms. The fourth-order valence-corrected chi connectivity index (χ4v) is 2.41. The van der Waals surface area contributed by atoms with Gasteiger partial charge in [-0.25, -0.2) is 0 Å². The summed E-state index contributed by atoms with van der Waals surface area (Å²) in [6, 6.07) is 7.52. The van der Waals surface area contributed by atoms with E-state index in [0.29, 0.717) is 11.5 Å². The molecular formula is C12H15Br2NO. The monoisotopic (exact) mass is 347 g/mol. The number of amides is 1. The molecule has 0 saturated heterocycles. The van der Waals surface area contributed by atoms with E-state index in [1.807, 2.05) is 24.3 Å². The van der Waals surface area contributed by atoms with E-state index in [9.17, 15) is 4.79 Å². The summed E-state index contributed by atoms with van der Waals surface area (Å²) in [5.74, 6) is 0.393. The zero-order chi connectivity index (χ0) is 12.1. The molecule has 0 aliphatic rings. The first kappa shape index (κ1) is 13.7. The van der Waals surface area contributed by atoms with Crippen LogP contribution in [0.25, 0.3) is 0 Å². The largest absolute Gasteiger partial charge is 0.348 e. The van der Waals surface area contributed by atoms with Gasteiger partial charge in [0.25, 0.3) is 5.91 Å². The topological polar surface area (TPSA) is 29.1 Å². The molecule has 1 aromatic carbocycles. The summed E-state index contributed by atoms with van der Waals surface area (Å²) in [5.41, 5.74) is 0.690. The molecule has 0 saturated carbocycles. The lowest BCUT2D eigenvalue weighted by Crippen LogP contribution is -2.39. The van der Waals surface area contributed by atoms with E-state index in [0.717, 1.165) is 9.80 Å². The van der Waals surface area contributed by atoms with Crippen molar-refractivity contribution in [2.75, 3.05) is 5.33 Å². The van der Waals surface area contributed by atoms with Crippen LogP contribution in [0.5, 0.6) is 0 Å². The number of rotatable bonds is 4. The summed E-state index contributed by atoms with van der Waals surface area (Å²) < 4.78 is 0.977. The Balaban J connectivity index is 2.68. The molecule has 0 spiro atoms. The van der Waals surface area contributed by atoms with Crippen LogP contribution in [0.4, 0.5) is 0 Å². The van der Waals surface area contributed by atoms with Crippen LogP contribution in [-0.2, 0) is 0 Å². The van der Waals surface area contributed by atoms with Crippen LogP contribution in [0.2, 0.25) is 0 Å². The molecule has 1 unspecified atom stereocenters. The first-order valence-corrected chi connectivity index (χ1v) is 7.08. The molecule has 1 amide bonds. The van der Waals surface area contributed by atoms with Crippen LogP contribution in [0.3, 0.4) is 0 Å². The average Bonchev–Trinajstić information content (AvgIpc) is 2.26. The van der Waals surface area contributed by atoms with E-state index >= 15 is 0 Å². The zero-order valence-electron chi connectivity index (χ0n) is 9.34. The highest BCUT2D eigenvalue weighted by Gasteiger charge is 2.15. The number of hydrogen-bond acceptors (Lipinski definition) is 1. The first-order chi connectivity index (χ1) is 7.54. The molecule has 88 valence electrons. The number of carbonyl (C=O) groups excluding carboxylic acids is 1. The van der Waals surface area contributed by atoms with Gasteiger partial charge in [0.15, 0.2) is 0 Å². The highest BCUT2D eigenvalue weighted by molar-refractivity contribution is 9.10. The Morgan fingerprint density at radius 3 is 2.31 bits per heavy atom. The molecule has 1 N–H and O–H groups in total. The van der Waals surface area contributed by atoms with Gasteiger partial charge in [0.2, 0.25) is 0 Å². The smallest absolute Gasteiger partial charge is 0.251 e. The Labute approximate surface area is 113 Å². The zero-order valence-corrected chi connectivity index (χ0v) is 12.5. The third-order valence-electron chi connectivity index (χ3n) is 2.39. The van der Waals surface area contributed by atoms with Crippen molar-refractivity contribution in [2.45, 2.75) is 19.9 Å². The maximum absolute atomic E-state index is 11.9. The van der Waals surface area contributed by atoms with E-state index in [-0.39, 0.29) is 11.9 Å². The van der Waals surface area contributed by atoms with Crippen LogP contribution < -0.4 is 5.32 Å². The molecule has 4 heteroatoms. The molecule has 0 heterocycles. The Morgan fingerprint density at radius 1 is 1.31 bits per heavy atom. The number of hydrogen-bond donors (Lipinski definition) is 1. The molecule has 1 rings (SSSR count). The number of halogens is 2. The fourth-order valence-electron chi connectivity index (χ4n) is 1.24. The molecule has 0 fully saturated rings. The van der Waals surface area contributed by atoms with Crippen LogP contribution in [0, 0.1) is 5.92 Å². The summed E-state index contributed by atoms with van der Waals surface area (Å²) in [4.78, 5) is 11.9. The van der Waals surface area contributed by atoms with Crippen molar-refractivity contribution in [1.82, 2.24) is 5.32 Å². The normalized spacial score (nSPS) is 12.6. The van der Waals surface area contributed by atoms with Crippen molar-refractivity contribution in [2.24, 2.45) is 5.92 Å². The predicted octanol–water partition coefficient (Wildman–Crippen LogP) is 3.60. The molecule has 0 aliphatic heterocycles. The van der Waals surface area contributed by atoms with Crippen molar-refractivity contribution < 1.29 is 4.79 Å². The van der Waals surface area contributed by atoms with Crippen LogP contribution >= 0.6 is 31.9 Å². The van der Waals surface area contributed by atoms with Gasteiger partial charge in [-0.1, -0.05) is 45.7 Å². The van der Waals surface area contributed by atoms with E-state index in [4.69, 9.17) is 0 Å². The predicted molar refractivity (Wildman–Crippen MR) is 74.0 cm³/mol. The molecule has 0 radical (unpaired) electrons. The molecule has 0 aliphatic carbocycles. The van der Waals surface area contributed by atoms with Gasteiger partial charge >= 0.3 is 0 Å². The summed E-state index contributed by atoms with van der Waals surface area (Å²) in [6.07, 6.45) is 0. The van der Waals surface area contributed by atoms with Gasteiger partial charge in [0, 0.05) is 21.4 Å². The van der Waals surface area contributed by atoms with Crippen molar-refractivity contribution >= 4 is 37.8 Å². The van der Waals surface area contributed by atoms with E-state index in [1.54, 1.807) is 0 Å². The first-order valence-electron chi connectivity index (χ1n) is 5.17.